The third-order valence-electron chi connectivity index (χ3n) is 5.38. The fourth-order valence-electron chi connectivity index (χ4n) is 3.98. The van der Waals surface area contributed by atoms with Gasteiger partial charge in [0, 0.05) is 43.9 Å². The molecule has 0 aliphatic carbocycles. The lowest BCUT2D eigenvalue weighted by molar-refractivity contribution is 0.220. The molecular formula is C23H27N3. The number of fused-ring (bicyclic) bond motifs is 1. The highest BCUT2D eigenvalue weighted by molar-refractivity contribution is 5.33. The second-order valence-corrected chi connectivity index (χ2v) is 7.54. The predicted octanol–water partition coefficient (Wildman–Crippen LogP) is 5.00. The minimum atomic E-state index is 0.286. The summed E-state index contributed by atoms with van der Waals surface area (Å²) in [4.78, 5) is 6.90. The molecule has 2 aromatic heterocycles. The number of aromatic nitrogens is 2. The van der Waals surface area contributed by atoms with E-state index < -0.39 is 0 Å². The highest BCUT2D eigenvalue weighted by Crippen LogP contribution is 2.33. The topological polar surface area (TPSA) is 21.1 Å². The minimum absolute atomic E-state index is 0.286. The largest absolute Gasteiger partial charge is 0.350 e. The van der Waals surface area contributed by atoms with Crippen molar-refractivity contribution in [2.75, 3.05) is 6.54 Å². The van der Waals surface area contributed by atoms with E-state index in [9.17, 15) is 0 Å². The summed E-state index contributed by atoms with van der Waals surface area (Å²) in [5.74, 6) is 0.563. The Bertz CT molecular complexity index is 833. The van der Waals surface area contributed by atoms with Crippen molar-refractivity contribution >= 4 is 0 Å². The zero-order valence-corrected chi connectivity index (χ0v) is 15.7. The van der Waals surface area contributed by atoms with E-state index in [1.807, 2.05) is 18.5 Å². The van der Waals surface area contributed by atoms with Gasteiger partial charge in [-0.05, 0) is 47.2 Å². The number of nitrogens with zero attached hydrogens (tertiary/aromatic N) is 3. The van der Waals surface area contributed by atoms with Gasteiger partial charge in [-0.1, -0.05) is 44.2 Å². The van der Waals surface area contributed by atoms with E-state index in [1.54, 1.807) is 0 Å². The summed E-state index contributed by atoms with van der Waals surface area (Å²) in [5.41, 5.74) is 5.44. The van der Waals surface area contributed by atoms with Crippen LogP contribution in [0.2, 0.25) is 0 Å². The monoisotopic (exact) mass is 345 g/mol. The van der Waals surface area contributed by atoms with Crippen LogP contribution in [0.4, 0.5) is 0 Å². The lowest BCUT2D eigenvalue weighted by Gasteiger charge is -2.30. The first kappa shape index (κ1) is 17.0. The number of hydrogen-bond donors (Lipinski definition) is 0. The van der Waals surface area contributed by atoms with Gasteiger partial charge in [0.2, 0.25) is 0 Å². The molecule has 1 atom stereocenters. The van der Waals surface area contributed by atoms with Gasteiger partial charge in [0.1, 0.15) is 0 Å². The molecule has 0 radical (unpaired) electrons. The summed E-state index contributed by atoms with van der Waals surface area (Å²) >= 11 is 0. The van der Waals surface area contributed by atoms with Crippen molar-refractivity contribution in [1.82, 2.24) is 14.5 Å². The SMILES string of the molecule is CC(C)c1ccc([C@H]2c3cccn3CCCN2Cc2cccnc2)cc1. The average Bonchev–Trinajstić information content (AvgIpc) is 3.04. The molecule has 3 heterocycles. The van der Waals surface area contributed by atoms with E-state index in [-0.39, 0.29) is 6.04 Å². The summed E-state index contributed by atoms with van der Waals surface area (Å²) in [7, 11) is 0. The summed E-state index contributed by atoms with van der Waals surface area (Å²) in [6.45, 7) is 7.61. The third kappa shape index (κ3) is 3.45. The van der Waals surface area contributed by atoms with Crippen molar-refractivity contribution in [3.05, 3.63) is 89.5 Å². The van der Waals surface area contributed by atoms with E-state index in [0.29, 0.717) is 5.92 Å². The first-order valence-corrected chi connectivity index (χ1v) is 9.60. The van der Waals surface area contributed by atoms with Gasteiger partial charge in [-0.3, -0.25) is 9.88 Å². The molecular weight excluding hydrogens is 318 g/mol. The van der Waals surface area contributed by atoms with Crippen LogP contribution >= 0.6 is 0 Å². The summed E-state index contributed by atoms with van der Waals surface area (Å²) in [6.07, 6.45) is 7.23. The van der Waals surface area contributed by atoms with E-state index >= 15 is 0 Å². The molecule has 4 rings (SSSR count). The molecule has 0 unspecified atom stereocenters. The van der Waals surface area contributed by atoms with Gasteiger partial charge in [-0.15, -0.1) is 0 Å². The molecule has 0 fully saturated rings. The Morgan fingerprint density at radius 3 is 2.62 bits per heavy atom. The first-order chi connectivity index (χ1) is 12.7. The third-order valence-corrected chi connectivity index (χ3v) is 5.38. The predicted molar refractivity (Wildman–Crippen MR) is 106 cm³/mol. The zero-order valence-electron chi connectivity index (χ0n) is 15.7. The molecule has 3 nitrogen and oxygen atoms in total. The molecule has 0 spiro atoms. The number of rotatable bonds is 4. The lowest BCUT2D eigenvalue weighted by Crippen LogP contribution is -2.29. The molecule has 3 aromatic rings. The molecule has 26 heavy (non-hydrogen) atoms. The van der Waals surface area contributed by atoms with Gasteiger partial charge < -0.3 is 4.57 Å². The van der Waals surface area contributed by atoms with Crippen LogP contribution in [0.3, 0.4) is 0 Å². The standard InChI is InChI=1S/C23H27N3/c1-18(2)20-8-10-21(11-9-20)23-22-7-4-13-25(22)14-5-15-26(23)17-19-6-3-12-24-16-19/h3-4,6-13,16,18,23H,5,14-15,17H2,1-2H3/t23-/m0/s1. The van der Waals surface area contributed by atoms with Crippen LogP contribution in [-0.2, 0) is 13.1 Å². The van der Waals surface area contributed by atoms with Crippen molar-refractivity contribution in [2.45, 2.75) is 45.3 Å². The van der Waals surface area contributed by atoms with Gasteiger partial charge in [0.15, 0.2) is 0 Å². The molecule has 0 saturated heterocycles. The van der Waals surface area contributed by atoms with Gasteiger partial charge in [0.25, 0.3) is 0 Å². The van der Waals surface area contributed by atoms with Gasteiger partial charge >= 0.3 is 0 Å². The second kappa shape index (κ2) is 7.46. The molecule has 0 amide bonds. The molecule has 1 aliphatic heterocycles. The highest BCUT2D eigenvalue weighted by Gasteiger charge is 2.27. The fourth-order valence-corrected chi connectivity index (χ4v) is 3.98. The van der Waals surface area contributed by atoms with E-state index in [4.69, 9.17) is 0 Å². The Balaban J connectivity index is 1.72. The maximum Gasteiger partial charge on any atom is 0.0759 e. The van der Waals surface area contributed by atoms with E-state index in [0.717, 1.165) is 19.6 Å². The van der Waals surface area contributed by atoms with Crippen LogP contribution in [0.25, 0.3) is 0 Å². The number of benzene rings is 1. The fraction of sp³-hybridized carbons (Fsp3) is 0.348. The van der Waals surface area contributed by atoms with Crippen LogP contribution in [0.1, 0.15) is 54.6 Å². The molecule has 0 N–H and O–H groups in total. The van der Waals surface area contributed by atoms with Gasteiger partial charge in [-0.25, -0.2) is 0 Å². The van der Waals surface area contributed by atoms with Crippen LogP contribution < -0.4 is 0 Å². The Morgan fingerprint density at radius 2 is 1.88 bits per heavy atom. The summed E-state index contributed by atoms with van der Waals surface area (Å²) in [6, 6.07) is 18.2. The Hall–Kier alpha value is -2.39. The van der Waals surface area contributed by atoms with Crippen LogP contribution in [-0.4, -0.2) is 21.0 Å². The van der Waals surface area contributed by atoms with Gasteiger partial charge in [-0.2, -0.15) is 0 Å². The van der Waals surface area contributed by atoms with Crippen molar-refractivity contribution in [3.8, 4) is 0 Å². The van der Waals surface area contributed by atoms with E-state index in [1.165, 1.54) is 28.8 Å². The van der Waals surface area contributed by atoms with Crippen molar-refractivity contribution in [1.29, 1.82) is 0 Å². The molecule has 1 aromatic carbocycles. The van der Waals surface area contributed by atoms with Crippen LogP contribution in [0.15, 0.2) is 67.1 Å². The maximum absolute atomic E-state index is 4.30. The van der Waals surface area contributed by atoms with Crippen LogP contribution in [0, 0.1) is 0 Å². The normalized spacial score (nSPS) is 17.9. The van der Waals surface area contributed by atoms with Crippen molar-refractivity contribution in [3.63, 3.8) is 0 Å². The molecule has 0 saturated carbocycles. The van der Waals surface area contributed by atoms with Gasteiger partial charge in [0.05, 0.1) is 6.04 Å². The smallest absolute Gasteiger partial charge is 0.0759 e. The van der Waals surface area contributed by atoms with Crippen molar-refractivity contribution in [2.24, 2.45) is 0 Å². The number of pyridine rings is 1. The maximum atomic E-state index is 4.30. The summed E-state index contributed by atoms with van der Waals surface area (Å²) in [5, 5.41) is 0. The van der Waals surface area contributed by atoms with E-state index in [2.05, 4.69) is 77.0 Å². The average molecular weight is 345 g/mol. The number of hydrogen-bond acceptors (Lipinski definition) is 2. The summed E-state index contributed by atoms with van der Waals surface area (Å²) < 4.78 is 2.42. The van der Waals surface area contributed by atoms with Crippen molar-refractivity contribution < 1.29 is 0 Å². The molecule has 1 aliphatic rings. The van der Waals surface area contributed by atoms with Crippen LogP contribution in [0.5, 0.6) is 0 Å². The minimum Gasteiger partial charge on any atom is -0.350 e. The Labute approximate surface area is 156 Å². The zero-order chi connectivity index (χ0) is 17.9. The molecule has 3 heteroatoms. The lowest BCUT2D eigenvalue weighted by atomic mass is 9.96. The molecule has 0 bridgehead atoms. The number of aryl methyl sites for hydroxylation is 1. The first-order valence-electron chi connectivity index (χ1n) is 9.60. The highest BCUT2D eigenvalue weighted by atomic mass is 15.2. The Morgan fingerprint density at radius 1 is 1.04 bits per heavy atom. The second-order valence-electron chi connectivity index (χ2n) is 7.54. The molecule has 134 valence electrons. The Kier molecular flexibility index (Phi) is 4.89. The quantitative estimate of drug-likeness (QED) is 0.663.